The van der Waals surface area contributed by atoms with Gasteiger partial charge in [-0.25, -0.2) is 0 Å². The second kappa shape index (κ2) is 43.5. The van der Waals surface area contributed by atoms with E-state index in [1.165, 1.54) is 167 Å². The number of hydrogen-bond acceptors (Lipinski definition) is 6. The van der Waals surface area contributed by atoms with E-state index in [2.05, 4.69) is 27.7 Å². The highest BCUT2D eigenvalue weighted by atomic mass is 16.6. The number of hydrogen-bond donors (Lipinski definition) is 0. The third-order valence-electron chi connectivity index (χ3n) is 11.0. The van der Waals surface area contributed by atoms with E-state index < -0.39 is 6.10 Å². The summed E-state index contributed by atoms with van der Waals surface area (Å²) in [6, 6.07) is 0. The lowest BCUT2D eigenvalue weighted by Gasteiger charge is -2.18. The molecule has 0 rings (SSSR count). The lowest BCUT2D eigenvalue weighted by Crippen LogP contribution is -2.30. The molecule has 0 aromatic carbocycles. The van der Waals surface area contributed by atoms with Crippen molar-refractivity contribution < 1.29 is 28.6 Å². The molecule has 0 bridgehead atoms. The van der Waals surface area contributed by atoms with Gasteiger partial charge < -0.3 is 14.2 Å². The third kappa shape index (κ3) is 43.4. The zero-order valence-electron chi connectivity index (χ0n) is 37.4. The van der Waals surface area contributed by atoms with Crippen LogP contribution < -0.4 is 0 Å². The van der Waals surface area contributed by atoms with Crippen molar-refractivity contribution in [3.8, 4) is 0 Å². The van der Waals surface area contributed by atoms with Crippen molar-refractivity contribution in [3.63, 3.8) is 0 Å². The first-order chi connectivity index (χ1) is 26.9. The molecule has 0 unspecified atom stereocenters. The third-order valence-corrected chi connectivity index (χ3v) is 11.0. The van der Waals surface area contributed by atoms with Crippen LogP contribution in [-0.2, 0) is 28.6 Å². The Morgan fingerprint density at radius 1 is 0.345 bits per heavy atom. The zero-order chi connectivity index (χ0) is 40.3. The average Bonchev–Trinajstić information content (AvgIpc) is 3.17. The van der Waals surface area contributed by atoms with E-state index in [0.717, 1.165) is 63.7 Å². The van der Waals surface area contributed by atoms with Gasteiger partial charge in [-0.3, -0.25) is 14.4 Å². The largest absolute Gasteiger partial charge is 0.462 e. The molecule has 0 spiro atoms. The molecule has 0 aliphatic rings. The van der Waals surface area contributed by atoms with Crippen molar-refractivity contribution in [2.45, 2.75) is 278 Å². The lowest BCUT2D eigenvalue weighted by atomic mass is 10.0. The van der Waals surface area contributed by atoms with E-state index in [9.17, 15) is 14.4 Å². The van der Waals surface area contributed by atoms with Crippen LogP contribution in [0.3, 0.4) is 0 Å². The highest BCUT2D eigenvalue weighted by molar-refractivity contribution is 5.71. The molecule has 0 amide bonds. The second-order valence-corrected chi connectivity index (χ2v) is 17.2. The Labute approximate surface area is 342 Å². The van der Waals surface area contributed by atoms with Gasteiger partial charge in [-0.05, 0) is 25.2 Å². The van der Waals surface area contributed by atoms with Crippen LogP contribution >= 0.6 is 0 Å². The van der Waals surface area contributed by atoms with Gasteiger partial charge in [0.05, 0.1) is 0 Å². The highest BCUT2D eigenvalue weighted by Gasteiger charge is 2.19. The summed E-state index contributed by atoms with van der Waals surface area (Å²) in [6.45, 7) is 8.99. The zero-order valence-corrected chi connectivity index (χ0v) is 37.4. The van der Waals surface area contributed by atoms with Crippen LogP contribution in [0.25, 0.3) is 0 Å². The fourth-order valence-corrected chi connectivity index (χ4v) is 7.33. The number of carbonyl (C=O) groups excluding carboxylic acids is 3. The minimum absolute atomic E-state index is 0.0634. The first-order valence-electron chi connectivity index (χ1n) is 24.4. The summed E-state index contributed by atoms with van der Waals surface area (Å²) in [5, 5.41) is 0. The van der Waals surface area contributed by atoms with Gasteiger partial charge in [-0.2, -0.15) is 0 Å². The smallest absolute Gasteiger partial charge is 0.306 e. The molecule has 0 aromatic rings. The minimum Gasteiger partial charge on any atom is -0.462 e. The van der Waals surface area contributed by atoms with Gasteiger partial charge in [0.1, 0.15) is 13.2 Å². The van der Waals surface area contributed by atoms with Gasteiger partial charge in [0.25, 0.3) is 0 Å². The summed E-state index contributed by atoms with van der Waals surface area (Å²) >= 11 is 0. The van der Waals surface area contributed by atoms with Crippen molar-refractivity contribution in [1.82, 2.24) is 0 Å². The molecule has 1 atom stereocenters. The minimum atomic E-state index is -0.759. The molecule has 0 aliphatic heterocycles. The van der Waals surface area contributed by atoms with Crippen molar-refractivity contribution >= 4 is 17.9 Å². The number of rotatable bonds is 44. The van der Waals surface area contributed by atoms with Crippen molar-refractivity contribution in [2.24, 2.45) is 5.92 Å². The molecule has 0 saturated carbocycles. The monoisotopic (exact) mass is 779 g/mol. The van der Waals surface area contributed by atoms with Gasteiger partial charge in [-0.15, -0.1) is 0 Å². The Balaban J connectivity index is 4.31. The summed E-state index contributed by atoms with van der Waals surface area (Å²) in [5.41, 5.74) is 0. The fourth-order valence-electron chi connectivity index (χ4n) is 7.33. The molecule has 55 heavy (non-hydrogen) atoms. The van der Waals surface area contributed by atoms with Gasteiger partial charge >= 0.3 is 17.9 Å². The summed E-state index contributed by atoms with van der Waals surface area (Å²) in [4.78, 5) is 37.8. The van der Waals surface area contributed by atoms with Gasteiger partial charge in [0, 0.05) is 19.3 Å². The first-order valence-corrected chi connectivity index (χ1v) is 24.4. The molecule has 0 aliphatic carbocycles. The molecule has 0 N–H and O–H groups in total. The SMILES string of the molecule is CCCCCCCCCCCCCCCCC(=O)O[C@@H](COC(=O)CCCCCCCCCCCC)COC(=O)CCCCCCCCCCCCC(C)C. The molecule has 0 radical (unpaired) electrons. The molecular formula is C49H94O6. The van der Waals surface area contributed by atoms with Crippen LogP contribution in [-0.4, -0.2) is 37.2 Å². The molecule has 0 heterocycles. The predicted molar refractivity (Wildman–Crippen MR) is 233 cm³/mol. The summed E-state index contributed by atoms with van der Waals surface area (Å²) in [5.74, 6) is -0.0316. The maximum Gasteiger partial charge on any atom is 0.306 e. The lowest BCUT2D eigenvalue weighted by molar-refractivity contribution is -0.167. The molecule has 326 valence electrons. The Morgan fingerprint density at radius 2 is 0.600 bits per heavy atom. The Kier molecular flexibility index (Phi) is 42.3. The van der Waals surface area contributed by atoms with E-state index in [1.54, 1.807) is 0 Å². The second-order valence-electron chi connectivity index (χ2n) is 17.2. The van der Waals surface area contributed by atoms with Gasteiger partial charge in [0.2, 0.25) is 0 Å². The Bertz CT molecular complexity index is 826. The van der Waals surface area contributed by atoms with Crippen LogP contribution in [0.2, 0.25) is 0 Å². The quantitative estimate of drug-likeness (QED) is 0.0348. The van der Waals surface area contributed by atoms with Crippen molar-refractivity contribution in [2.75, 3.05) is 13.2 Å². The summed E-state index contributed by atoms with van der Waals surface area (Å²) in [6.07, 6.45) is 43.7. The van der Waals surface area contributed by atoms with Crippen LogP contribution in [0.4, 0.5) is 0 Å². The summed E-state index contributed by atoms with van der Waals surface area (Å²) in [7, 11) is 0. The van der Waals surface area contributed by atoms with Crippen molar-refractivity contribution in [1.29, 1.82) is 0 Å². The van der Waals surface area contributed by atoms with Crippen LogP contribution in [0.5, 0.6) is 0 Å². The van der Waals surface area contributed by atoms with E-state index >= 15 is 0 Å². The standard InChI is InChI=1S/C49H94O6/c1-5-7-9-11-13-15-17-18-19-20-26-30-34-38-42-49(52)55-46(43-53-47(50)40-36-32-28-24-16-14-12-10-8-6-2)44-54-48(51)41-37-33-29-25-22-21-23-27-31-35-39-45(3)4/h45-46H,5-44H2,1-4H3/t46-/m0/s1. The number of unbranched alkanes of at least 4 members (excludes halogenated alkanes) is 31. The normalized spacial score (nSPS) is 11.9. The highest BCUT2D eigenvalue weighted by Crippen LogP contribution is 2.16. The average molecular weight is 779 g/mol. The Morgan fingerprint density at radius 3 is 0.891 bits per heavy atom. The molecule has 0 aromatic heterocycles. The van der Waals surface area contributed by atoms with E-state index in [4.69, 9.17) is 14.2 Å². The first kappa shape index (κ1) is 53.4. The molecule has 6 nitrogen and oxygen atoms in total. The predicted octanol–water partition coefficient (Wildman–Crippen LogP) is 15.5. The maximum absolute atomic E-state index is 12.7. The van der Waals surface area contributed by atoms with E-state index in [-0.39, 0.29) is 31.1 Å². The Hall–Kier alpha value is -1.59. The fraction of sp³-hybridized carbons (Fsp3) is 0.939. The van der Waals surface area contributed by atoms with Crippen LogP contribution in [0.15, 0.2) is 0 Å². The molecule has 0 saturated heterocycles. The molecule has 0 fully saturated rings. The van der Waals surface area contributed by atoms with Crippen LogP contribution in [0.1, 0.15) is 272 Å². The summed E-state index contributed by atoms with van der Waals surface area (Å²) < 4.78 is 16.7. The van der Waals surface area contributed by atoms with Crippen LogP contribution in [0, 0.1) is 5.92 Å². The topological polar surface area (TPSA) is 78.9 Å². The number of esters is 3. The van der Waals surface area contributed by atoms with Gasteiger partial charge in [-0.1, -0.05) is 233 Å². The van der Waals surface area contributed by atoms with Crippen molar-refractivity contribution in [3.05, 3.63) is 0 Å². The molecule has 6 heteroatoms. The molecular weight excluding hydrogens is 685 g/mol. The number of carbonyl (C=O) groups is 3. The number of ether oxygens (including phenoxy) is 3. The maximum atomic E-state index is 12.7. The van der Waals surface area contributed by atoms with E-state index in [0.29, 0.717) is 19.3 Å². The van der Waals surface area contributed by atoms with Gasteiger partial charge in [0.15, 0.2) is 6.10 Å². The van der Waals surface area contributed by atoms with E-state index in [1.807, 2.05) is 0 Å².